The van der Waals surface area contributed by atoms with Crippen LogP contribution in [0, 0.1) is 0 Å². The topological polar surface area (TPSA) is 74.6 Å². The number of benzene rings is 1. The third-order valence-electron chi connectivity index (χ3n) is 4.90. The summed E-state index contributed by atoms with van der Waals surface area (Å²) in [4.78, 5) is 23.5. The van der Waals surface area contributed by atoms with Crippen molar-refractivity contribution in [3.05, 3.63) is 35.9 Å². The Balaban J connectivity index is 0. The SMILES string of the molecule is CCCCCCCCCCCCC(C(=O)O)(C(=O)O)c1ccccc1.[KH].[LiH]. The number of hydrogen-bond donors (Lipinski definition) is 2. The van der Waals surface area contributed by atoms with Gasteiger partial charge in [-0.15, -0.1) is 0 Å². The van der Waals surface area contributed by atoms with E-state index in [-0.39, 0.29) is 76.7 Å². The number of carbonyl (C=O) groups is 2. The quantitative estimate of drug-likeness (QED) is 0.282. The normalized spacial score (nSPS) is 10.6. The van der Waals surface area contributed by atoms with Crippen LogP contribution in [0.2, 0.25) is 0 Å². The van der Waals surface area contributed by atoms with Gasteiger partial charge < -0.3 is 10.2 Å². The molecule has 144 valence electrons. The fourth-order valence-corrected chi connectivity index (χ4v) is 3.30. The zero-order chi connectivity index (χ0) is 18.5. The molecule has 1 aromatic carbocycles. The Bertz CT molecular complexity index is 508. The minimum atomic E-state index is -1.83. The summed E-state index contributed by atoms with van der Waals surface area (Å²) in [6, 6.07) is 8.33. The Morgan fingerprint density at radius 2 is 1.19 bits per heavy atom. The van der Waals surface area contributed by atoms with E-state index < -0.39 is 17.4 Å². The summed E-state index contributed by atoms with van der Waals surface area (Å²) >= 11 is 0. The van der Waals surface area contributed by atoms with Crippen LogP contribution in [0.5, 0.6) is 0 Å². The molecule has 0 spiro atoms. The van der Waals surface area contributed by atoms with Gasteiger partial charge in [0, 0.05) is 0 Å². The molecule has 0 fully saturated rings. The zero-order valence-electron chi connectivity index (χ0n) is 15.4. The van der Waals surface area contributed by atoms with Crippen molar-refractivity contribution < 1.29 is 19.8 Å². The van der Waals surface area contributed by atoms with E-state index in [0.29, 0.717) is 12.0 Å². The molecule has 0 atom stereocenters. The minimum absolute atomic E-state index is 0. The second-order valence-corrected chi connectivity index (χ2v) is 6.81. The molecule has 0 saturated carbocycles. The van der Waals surface area contributed by atoms with Crippen molar-refractivity contribution in [2.75, 3.05) is 0 Å². The molecule has 4 nitrogen and oxygen atoms in total. The Kier molecular flexibility index (Phi) is 18.9. The first-order chi connectivity index (χ1) is 12.1. The molecule has 0 aliphatic rings. The van der Waals surface area contributed by atoms with Crippen LogP contribution in [0.4, 0.5) is 0 Å². The molecule has 0 saturated heterocycles. The van der Waals surface area contributed by atoms with Gasteiger partial charge in [-0.3, -0.25) is 9.59 Å². The second-order valence-electron chi connectivity index (χ2n) is 6.81. The third-order valence-corrected chi connectivity index (χ3v) is 4.90. The van der Waals surface area contributed by atoms with E-state index in [1.54, 1.807) is 30.3 Å². The van der Waals surface area contributed by atoms with Gasteiger partial charge in [0.2, 0.25) is 0 Å². The number of unbranched alkanes of at least 4 members (excludes halogenated alkanes) is 9. The predicted molar refractivity (Wildman–Crippen MR) is 114 cm³/mol. The summed E-state index contributed by atoms with van der Waals surface area (Å²) < 4.78 is 0. The van der Waals surface area contributed by atoms with Crippen LogP contribution >= 0.6 is 0 Å². The van der Waals surface area contributed by atoms with Crippen molar-refractivity contribution in [2.45, 2.75) is 83.0 Å². The first-order valence-corrected chi connectivity index (χ1v) is 9.58. The monoisotopic (exact) mass is 396 g/mol. The van der Waals surface area contributed by atoms with Crippen LogP contribution in [-0.2, 0) is 15.0 Å². The van der Waals surface area contributed by atoms with E-state index in [2.05, 4.69) is 6.92 Å². The van der Waals surface area contributed by atoms with Crippen LogP contribution in [0.3, 0.4) is 0 Å². The first-order valence-electron chi connectivity index (χ1n) is 9.58. The van der Waals surface area contributed by atoms with Gasteiger partial charge in [-0.25, -0.2) is 0 Å². The molecule has 0 bridgehead atoms. The summed E-state index contributed by atoms with van der Waals surface area (Å²) in [6.07, 6.45) is 11.5. The number of aliphatic carboxylic acids is 2. The number of carboxylic acids is 2. The third kappa shape index (κ3) is 10.1. The van der Waals surface area contributed by atoms with E-state index in [9.17, 15) is 19.8 Å². The molecular formula is C21H34KLiO4. The summed E-state index contributed by atoms with van der Waals surface area (Å²) in [7, 11) is 0. The summed E-state index contributed by atoms with van der Waals surface area (Å²) in [5, 5.41) is 19.2. The fourth-order valence-electron chi connectivity index (χ4n) is 3.30. The van der Waals surface area contributed by atoms with Crippen molar-refractivity contribution in [1.82, 2.24) is 0 Å². The molecule has 1 aromatic rings. The maximum atomic E-state index is 11.8. The summed E-state index contributed by atoms with van der Waals surface area (Å²) in [5.74, 6) is -2.55. The number of rotatable bonds is 14. The first kappa shape index (κ1) is 29.6. The Hall–Kier alpha value is 0.394. The molecule has 1 rings (SSSR count). The fraction of sp³-hybridized carbons (Fsp3) is 0.619. The maximum absolute atomic E-state index is 11.8. The zero-order valence-corrected chi connectivity index (χ0v) is 15.4. The van der Waals surface area contributed by atoms with Crippen molar-refractivity contribution in [3.63, 3.8) is 0 Å². The molecule has 0 aliphatic heterocycles. The summed E-state index contributed by atoms with van der Waals surface area (Å²) in [6.45, 7) is 2.21. The molecule has 0 radical (unpaired) electrons. The molecule has 0 amide bonds. The molecule has 0 aliphatic carbocycles. The molecular weight excluding hydrogens is 362 g/mol. The van der Waals surface area contributed by atoms with Gasteiger partial charge in [0.15, 0.2) is 5.41 Å². The van der Waals surface area contributed by atoms with Crippen LogP contribution < -0.4 is 0 Å². The van der Waals surface area contributed by atoms with Gasteiger partial charge in [0.05, 0.1) is 0 Å². The van der Waals surface area contributed by atoms with E-state index in [4.69, 9.17) is 0 Å². The van der Waals surface area contributed by atoms with Gasteiger partial charge in [-0.2, -0.15) is 0 Å². The predicted octanol–water partition coefficient (Wildman–Crippen LogP) is 4.11. The van der Waals surface area contributed by atoms with E-state index in [0.717, 1.165) is 19.3 Å². The Morgan fingerprint density at radius 3 is 1.59 bits per heavy atom. The molecule has 6 heteroatoms. The van der Waals surface area contributed by atoms with Crippen molar-refractivity contribution in [3.8, 4) is 0 Å². The van der Waals surface area contributed by atoms with Gasteiger partial charge in [0.1, 0.15) is 0 Å². The van der Waals surface area contributed by atoms with Crippen molar-refractivity contribution in [2.24, 2.45) is 0 Å². The molecule has 0 unspecified atom stereocenters. The van der Waals surface area contributed by atoms with Gasteiger partial charge in [-0.05, 0) is 12.0 Å². The van der Waals surface area contributed by atoms with Gasteiger partial charge in [-0.1, -0.05) is 101 Å². The molecule has 0 aromatic heterocycles. The number of carboxylic acid groups (broad SMARTS) is 2. The Labute approximate surface area is 218 Å². The number of hydrogen-bond acceptors (Lipinski definition) is 2. The molecule has 2 N–H and O–H groups in total. The van der Waals surface area contributed by atoms with Gasteiger partial charge in [0.25, 0.3) is 0 Å². The van der Waals surface area contributed by atoms with Crippen molar-refractivity contribution >= 4 is 82.2 Å². The second kappa shape index (κ2) is 17.3. The molecule has 0 heterocycles. The van der Waals surface area contributed by atoms with E-state index in [1.807, 2.05) is 0 Å². The molecule has 27 heavy (non-hydrogen) atoms. The average Bonchev–Trinajstić information content (AvgIpc) is 2.60. The Morgan fingerprint density at radius 1 is 0.778 bits per heavy atom. The summed E-state index contributed by atoms with van der Waals surface area (Å²) in [5.41, 5.74) is -1.48. The van der Waals surface area contributed by atoms with Crippen LogP contribution in [0.25, 0.3) is 0 Å². The standard InChI is InChI=1S/C21H32O4.K.Li.2H/c1-2-3-4-5-6-7-8-9-10-14-17-21(19(22)23,20(24)25)18-15-12-11-13-16-18;;;;/h11-13,15-16H,2-10,14,17H2,1H3,(H,22,23)(H,24,25);;;;. The van der Waals surface area contributed by atoms with E-state index in [1.165, 1.54) is 38.5 Å². The van der Waals surface area contributed by atoms with Crippen LogP contribution in [-0.4, -0.2) is 92.4 Å². The van der Waals surface area contributed by atoms with Gasteiger partial charge >= 0.3 is 82.2 Å². The average molecular weight is 397 g/mol. The van der Waals surface area contributed by atoms with Crippen LogP contribution in [0.1, 0.15) is 83.1 Å². The van der Waals surface area contributed by atoms with Crippen molar-refractivity contribution in [1.29, 1.82) is 0 Å². The van der Waals surface area contributed by atoms with E-state index >= 15 is 0 Å². The van der Waals surface area contributed by atoms with Crippen LogP contribution in [0.15, 0.2) is 30.3 Å².